The Bertz CT molecular complexity index is 492. The van der Waals surface area contributed by atoms with Gasteiger partial charge in [-0.25, -0.2) is 0 Å². The molecule has 0 unspecified atom stereocenters. The zero-order chi connectivity index (χ0) is 15.2. The number of carbonyl (C=O) groups excluding carboxylic acids is 2. The minimum atomic E-state index is -0.419. The predicted molar refractivity (Wildman–Crippen MR) is 76.8 cm³/mol. The molecule has 0 spiro atoms. The third kappa shape index (κ3) is 4.32. The van der Waals surface area contributed by atoms with Crippen LogP contribution in [-0.2, 0) is 16.1 Å². The molecule has 1 aromatic heterocycles. The first kappa shape index (κ1) is 15.6. The number of rotatable bonds is 6. The van der Waals surface area contributed by atoms with Crippen LogP contribution in [0.25, 0.3) is 0 Å². The Balaban J connectivity index is 1.89. The normalized spacial score (nSPS) is 15.1. The molecule has 1 aliphatic heterocycles. The minimum absolute atomic E-state index is 0.0746. The number of amides is 1. The summed E-state index contributed by atoms with van der Waals surface area (Å²) in [6.07, 6.45) is 2.43. The van der Waals surface area contributed by atoms with Gasteiger partial charge in [-0.15, -0.1) is 0 Å². The van der Waals surface area contributed by atoms with Gasteiger partial charge in [-0.2, -0.15) is 0 Å². The average Bonchev–Trinajstić information content (AvgIpc) is 3.10. The van der Waals surface area contributed by atoms with Gasteiger partial charge in [0.1, 0.15) is 12.3 Å². The molecule has 0 bridgehead atoms. The summed E-state index contributed by atoms with van der Waals surface area (Å²) in [6.45, 7) is 4.85. The first-order chi connectivity index (χ1) is 10.1. The maximum Gasteiger partial charge on any atom is 0.325 e. The summed E-state index contributed by atoms with van der Waals surface area (Å²) < 4.78 is 10.4. The molecule has 0 aromatic carbocycles. The lowest BCUT2D eigenvalue weighted by atomic mass is 10.3. The van der Waals surface area contributed by atoms with Crippen LogP contribution in [-0.4, -0.2) is 55.0 Å². The van der Waals surface area contributed by atoms with Gasteiger partial charge in [0.05, 0.1) is 13.2 Å². The molecule has 1 fully saturated rings. The van der Waals surface area contributed by atoms with Crippen molar-refractivity contribution < 1.29 is 18.7 Å². The Morgan fingerprint density at radius 3 is 2.71 bits per heavy atom. The van der Waals surface area contributed by atoms with Crippen molar-refractivity contribution in [2.75, 3.05) is 33.3 Å². The lowest BCUT2D eigenvalue weighted by Gasteiger charge is -2.14. The number of carbonyl (C=O) groups is 2. The highest BCUT2D eigenvalue weighted by molar-refractivity contribution is 5.93. The second-order valence-electron chi connectivity index (χ2n) is 5.22. The van der Waals surface area contributed by atoms with Crippen molar-refractivity contribution in [1.29, 1.82) is 0 Å². The lowest BCUT2D eigenvalue weighted by Crippen LogP contribution is -2.32. The molecule has 6 heteroatoms. The summed E-state index contributed by atoms with van der Waals surface area (Å²) in [6, 6.07) is 3.49. The first-order valence-electron chi connectivity index (χ1n) is 7.32. The fourth-order valence-electron chi connectivity index (χ4n) is 2.40. The number of esters is 1. The van der Waals surface area contributed by atoms with E-state index in [4.69, 9.17) is 9.15 Å². The van der Waals surface area contributed by atoms with E-state index in [0.717, 1.165) is 25.4 Å². The van der Waals surface area contributed by atoms with E-state index in [9.17, 15) is 9.59 Å². The van der Waals surface area contributed by atoms with E-state index in [1.54, 1.807) is 20.0 Å². The summed E-state index contributed by atoms with van der Waals surface area (Å²) >= 11 is 0. The summed E-state index contributed by atoms with van der Waals surface area (Å²) in [4.78, 5) is 27.1. The Morgan fingerprint density at radius 1 is 1.33 bits per heavy atom. The standard InChI is InChI=1S/C15H22N2O4/c1-3-20-14(18)11-16(2)15(19)13-7-6-12(21-13)10-17-8-4-5-9-17/h6-7H,3-5,8-11H2,1-2H3. The number of furan rings is 1. The van der Waals surface area contributed by atoms with Gasteiger partial charge in [0.15, 0.2) is 5.76 Å². The van der Waals surface area contributed by atoms with Gasteiger partial charge in [-0.05, 0) is 45.0 Å². The third-order valence-electron chi connectivity index (χ3n) is 3.47. The Hall–Kier alpha value is -1.82. The van der Waals surface area contributed by atoms with E-state index < -0.39 is 5.97 Å². The van der Waals surface area contributed by atoms with Gasteiger partial charge in [0.25, 0.3) is 5.91 Å². The van der Waals surface area contributed by atoms with Crippen LogP contribution in [0, 0.1) is 0 Å². The van der Waals surface area contributed by atoms with Gasteiger partial charge < -0.3 is 14.1 Å². The molecule has 1 amide bonds. The summed E-state index contributed by atoms with van der Waals surface area (Å²) in [7, 11) is 1.56. The average molecular weight is 294 g/mol. The molecule has 0 N–H and O–H groups in total. The Morgan fingerprint density at radius 2 is 2.05 bits per heavy atom. The van der Waals surface area contributed by atoms with Crippen molar-refractivity contribution >= 4 is 11.9 Å². The van der Waals surface area contributed by atoms with Crippen LogP contribution in [0.15, 0.2) is 16.5 Å². The van der Waals surface area contributed by atoms with Gasteiger partial charge in [-0.3, -0.25) is 14.5 Å². The molecule has 2 heterocycles. The molecule has 1 aromatic rings. The first-order valence-corrected chi connectivity index (χ1v) is 7.32. The molecule has 2 rings (SSSR count). The fourth-order valence-corrected chi connectivity index (χ4v) is 2.40. The van der Waals surface area contributed by atoms with Crippen LogP contribution >= 0.6 is 0 Å². The molecular weight excluding hydrogens is 272 g/mol. The predicted octanol–water partition coefficient (Wildman–Crippen LogP) is 1.51. The quantitative estimate of drug-likeness (QED) is 0.744. The Labute approximate surface area is 124 Å². The number of ether oxygens (including phenoxy) is 1. The summed E-state index contributed by atoms with van der Waals surface area (Å²) in [5.41, 5.74) is 0. The molecule has 6 nitrogen and oxygen atoms in total. The Kier molecular flexibility index (Phi) is 5.38. The topological polar surface area (TPSA) is 63.0 Å². The highest BCUT2D eigenvalue weighted by atomic mass is 16.5. The lowest BCUT2D eigenvalue weighted by molar-refractivity contribution is -0.143. The van der Waals surface area contributed by atoms with Gasteiger partial charge in [0, 0.05) is 7.05 Å². The number of hydrogen-bond donors (Lipinski definition) is 0. The van der Waals surface area contributed by atoms with E-state index in [-0.39, 0.29) is 18.2 Å². The summed E-state index contributed by atoms with van der Waals surface area (Å²) in [5.74, 6) is 0.314. The molecule has 0 saturated carbocycles. The second kappa shape index (κ2) is 7.26. The van der Waals surface area contributed by atoms with E-state index in [0.29, 0.717) is 6.61 Å². The number of hydrogen-bond acceptors (Lipinski definition) is 5. The fraction of sp³-hybridized carbons (Fsp3) is 0.600. The van der Waals surface area contributed by atoms with E-state index in [1.165, 1.54) is 17.7 Å². The summed E-state index contributed by atoms with van der Waals surface area (Å²) in [5, 5.41) is 0. The van der Waals surface area contributed by atoms with Crippen molar-refractivity contribution in [1.82, 2.24) is 9.80 Å². The highest BCUT2D eigenvalue weighted by Gasteiger charge is 2.20. The molecular formula is C15H22N2O4. The maximum atomic E-state index is 12.1. The van der Waals surface area contributed by atoms with Crippen LogP contribution in [0.3, 0.4) is 0 Å². The van der Waals surface area contributed by atoms with Gasteiger partial charge in [0.2, 0.25) is 0 Å². The SMILES string of the molecule is CCOC(=O)CN(C)C(=O)c1ccc(CN2CCCC2)o1. The van der Waals surface area contributed by atoms with Crippen molar-refractivity contribution in [3.05, 3.63) is 23.7 Å². The molecule has 1 saturated heterocycles. The molecule has 0 atom stereocenters. The molecule has 0 aliphatic carbocycles. The maximum absolute atomic E-state index is 12.1. The number of likely N-dealkylation sites (tertiary alicyclic amines) is 1. The smallest absolute Gasteiger partial charge is 0.325 e. The van der Waals surface area contributed by atoms with Crippen LogP contribution in [0.1, 0.15) is 36.1 Å². The van der Waals surface area contributed by atoms with Gasteiger partial charge in [-0.1, -0.05) is 0 Å². The highest BCUT2D eigenvalue weighted by Crippen LogP contribution is 2.16. The largest absolute Gasteiger partial charge is 0.465 e. The number of nitrogens with zero attached hydrogens (tertiary/aromatic N) is 2. The van der Waals surface area contributed by atoms with Crippen LogP contribution in [0.5, 0.6) is 0 Å². The minimum Gasteiger partial charge on any atom is -0.465 e. The van der Waals surface area contributed by atoms with Crippen molar-refractivity contribution in [3.8, 4) is 0 Å². The molecule has 21 heavy (non-hydrogen) atoms. The molecule has 0 radical (unpaired) electrons. The zero-order valence-electron chi connectivity index (χ0n) is 12.6. The second-order valence-corrected chi connectivity index (χ2v) is 5.22. The van der Waals surface area contributed by atoms with Crippen LogP contribution in [0.4, 0.5) is 0 Å². The third-order valence-corrected chi connectivity index (χ3v) is 3.47. The molecule has 1 aliphatic rings. The molecule has 116 valence electrons. The van der Waals surface area contributed by atoms with Gasteiger partial charge >= 0.3 is 5.97 Å². The van der Waals surface area contributed by atoms with E-state index in [1.807, 2.05) is 6.07 Å². The zero-order valence-corrected chi connectivity index (χ0v) is 12.6. The van der Waals surface area contributed by atoms with Crippen molar-refractivity contribution in [2.45, 2.75) is 26.3 Å². The van der Waals surface area contributed by atoms with Crippen molar-refractivity contribution in [3.63, 3.8) is 0 Å². The van der Waals surface area contributed by atoms with Crippen LogP contribution in [0.2, 0.25) is 0 Å². The monoisotopic (exact) mass is 294 g/mol. The van der Waals surface area contributed by atoms with Crippen molar-refractivity contribution in [2.24, 2.45) is 0 Å². The number of likely N-dealkylation sites (N-methyl/N-ethyl adjacent to an activating group) is 1. The van der Waals surface area contributed by atoms with E-state index >= 15 is 0 Å². The van der Waals surface area contributed by atoms with E-state index in [2.05, 4.69) is 4.90 Å². The van der Waals surface area contributed by atoms with Crippen LogP contribution < -0.4 is 0 Å².